The van der Waals surface area contributed by atoms with Gasteiger partial charge in [0.05, 0.1) is 10.1 Å². The molecule has 0 N–H and O–H groups in total. The molecule has 0 aromatic heterocycles. The standard InChI is InChI=1S/C15H20N2O4S2/c1-10-8-11(2)14(12(3)9-10)23(20,21)15(17-16)22(18,19)13-6-4-5-7-13/h8-9,13H,4-7H2,1-3H3. The van der Waals surface area contributed by atoms with E-state index < -0.39 is 29.3 Å². The molecular formula is C15H20N2O4S2. The van der Waals surface area contributed by atoms with Gasteiger partial charge in [0.2, 0.25) is 0 Å². The van der Waals surface area contributed by atoms with E-state index in [1.807, 2.05) is 6.92 Å². The van der Waals surface area contributed by atoms with E-state index in [2.05, 4.69) is 4.79 Å². The smallest absolute Gasteiger partial charge is 0.359 e. The van der Waals surface area contributed by atoms with Crippen LogP contribution >= 0.6 is 0 Å². The highest BCUT2D eigenvalue weighted by molar-refractivity contribution is 8.31. The fourth-order valence-electron chi connectivity index (χ4n) is 3.28. The van der Waals surface area contributed by atoms with E-state index in [4.69, 9.17) is 0 Å². The molecule has 0 bridgehead atoms. The van der Waals surface area contributed by atoms with E-state index in [9.17, 15) is 22.4 Å². The second kappa shape index (κ2) is 6.19. The Morgan fingerprint density at radius 1 is 1.04 bits per heavy atom. The summed E-state index contributed by atoms with van der Waals surface area (Å²) in [7, 11) is -8.60. The fourth-order valence-corrected chi connectivity index (χ4v) is 7.76. The number of hydrogen-bond donors (Lipinski definition) is 0. The monoisotopic (exact) mass is 356 g/mol. The van der Waals surface area contributed by atoms with Crippen LogP contribution in [0.4, 0.5) is 0 Å². The molecule has 1 aliphatic carbocycles. The third-order valence-electron chi connectivity index (χ3n) is 4.17. The Balaban J connectivity index is 2.65. The lowest BCUT2D eigenvalue weighted by Crippen LogP contribution is -2.33. The number of nitrogens with zero attached hydrogens (tertiary/aromatic N) is 2. The second-order valence-electron chi connectivity index (χ2n) is 6.05. The van der Waals surface area contributed by atoms with Crippen LogP contribution in [0.3, 0.4) is 0 Å². The Hall–Kier alpha value is -1.50. The Kier molecular flexibility index (Phi) is 4.80. The maximum atomic E-state index is 12.8. The SMILES string of the molecule is Cc1cc(C)c(S(=O)(=O)C(=[N+]=[N-])S(=O)(=O)C2CCCC2)c(C)c1. The van der Waals surface area contributed by atoms with Crippen molar-refractivity contribution in [1.82, 2.24) is 0 Å². The molecule has 0 aliphatic heterocycles. The van der Waals surface area contributed by atoms with Gasteiger partial charge in [-0.2, -0.15) is 0 Å². The molecule has 1 aromatic carbocycles. The summed E-state index contributed by atoms with van der Waals surface area (Å²) in [5, 5.41) is -0.797. The highest BCUT2D eigenvalue weighted by Gasteiger charge is 2.48. The fraction of sp³-hybridized carbons (Fsp3) is 0.533. The van der Waals surface area contributed by atoms with Crippen LogP contribution in [0.5, 0.6) is 0 Å². The van der Waals surface area contributed by atoms with Crippen molar-refractivity contribution in [2.24, 2.45) is 0 Å². The van der Waals surface area contributed by atoms with Gasteiger partial charge < -0.3 is 5.53 Å². The lowest BCUT2D eigenvalue weighted by atomic mass is 10.1. The van der Waals surface area contributed by atoms with Crippen LogP contribution in [0.15, 0.2) is 17.0 Å². The lowest BCUT2D eigenvalue weighted by molar-refractivity contribution is 0.00372. The summed E-state index contributed by atoms with van der Waals surface area (Å²) in [5.41, 5.74) is 10.9. The zero-order valence-corrected chi connectivity index (χ0v) is 15.0. The zero-order valence-electron chi connectivity index (χ0n) is 13.4. The minimum absolute atomic E-state index is 0.0996. The third-order valence-corrected chi connectivity index (χ3v) is 9.16. The molecule has 0 saturated heterocycles. The summed E-state index contributed by atoms with van der Waals surface area (Å²) in [4.78, 5) is 2.60. The molecule has 23 heavy (non-hydrogen) atoms. The van der Waals surface area contributed by atoms with Gasteiger partial charge in [0.15, 0.2) is 0 Å². The first-order valence-corrected chi connectivity index (χ1v) is 10.4. The maximum Gasteiger partial charge on any atom is 0.499 e. The van der Waals surface area contributed by atoms with Crippen LogP contribution in [-0.4, -0.2) is 31.3 Å². The molecule has 1 aliphatic rings. The molecule has 126 valence electrons. The normalized spacial score (nSPS) is 16.3. The summed E-state index contributed by atoms with van der Waals surface area (Å²) in [6, 6.07) is 3.33. The van der Waals surface area contributed by atoms with Crippen molar-refractivity contribution in [2.45, 2.75) is 56.6 Å². The Labute approximate surface area is 137 Å². The summed E-state index contributed by atoms with van der Waals surface area (Å²) in [5.74, 6) is 0. The van der Waals surface area contributed by atoms with Crippen molar-refractivity contribution < 1.29 is 21.6 Å². The van der Waals surface area contributed by atoms with Gasteiger partial charge in [-0.05, 0) is 44.7 Å². The minimum Gasteiger partial charge on any atom is -0.359 e. The van der Waals surface area contributed by atoms with Gasteiger partial charge >= 0.3 is 4.38 Å². The van der Waals surface area contributed by atoms with E-state index in [-0.39, 0.29) is 4.90 Å². The molecule has 1 aromatic rings. The van der Waals surface area contributed by atoms with Crippen LogP contribution < -0.4 is 0 Å². The first-order valence-electron chi connectivity index (χ1n) is 7.41. The molecular weight excluding hydrogens is 336 g/mol. The molecule has 6 nitrogen and oxygen atoms in total. The molecule has 1 saturated carbocycles. The number of hydrogen-bond acceptors (Lipinski definition) is 4. The maximum absolute atomic E-state index is 12.8. The van der Waals surface area contributed by atoms with Crippen LogP contribution in [0, 0.1) is 20.8 Å². The molecule has 0 atom stereocenters. The highest BCUT2D eigenvalue weighted by Crippen LogP contribution is 2.30. The predicted molar refractivity (Wildman–Crippen MR) is 87.6 cm³/mol. The number of benzene rings is 1. The summed E-state index contributed by atoms with van der Waals surface area (Å²) < 4.78 is 49.8. The van der Waals surface area contributed by atoms with Crippen LogP contribution in [-0.2, 0) is 19.7 Å². The topological polar surface area (TPSA) is 105 Å². The van der Waals surface area contributed by atoms with Crippen molar-refractivity contribution in [3.8, 4) is 0 Å². The van der Waals surface area contributed by atoms with Crippen molar-refractivity contribution in [3.63, 3.8) is 0 Å². The summed E-state index contributed by atoms with van der Waals surface area (Å²) in [6.07, 6.45) is 2.24. The van der Waals surface area contributed by atoms with Gasteiger partial charge in [0, 0.05) is 0 Å². The third kappa shape index (κ3) is 3.11. The average molecular weight is 356 g/mol. The van der Waals surface area contributed by atoms with Gasteiger partial charge in [-0.3, -0.25) is 0 Å². The van der Waals surface area contributed by atoms with Crippen LogP contribution in [0.25, 0.3) is 5.53 Å². The molecule has 0 unspecified atom stereocenters. The lowest BCUT2D eigenvalue weighted by Gasteiger charge is -2.11. The van der Waals surface area contributed by atoms with Crippen molar-refractivity contribution in [3.05, 3.63) is 34.4 Å². The summed E-state index contributed by atoms with van der Waals surface area (Å²) in [6.45, 7) is 5.03. The first-order chi connectivity index (χ1) is 10.6. The van der Waals surface area contributed by atoms with E-state index in [0.29, 0.717) is 24.0 Å². The van der Waals surface area contributed by atoms with E-state index in [1.165, 1.54) is 0 Å². The van der Waals surface area contributed by atoms with E-state index in [1.54, 1.807) is 26.0 Å². The van der Waals surface area contributed by atoms with E-state index >= 15 is 0 Å². The van der Waals surface area contributed by atoms with Crippen molar-refractivity contribution in [2.75, 3.05) is 0 Å². The first kappa shape index (κ1) is 17.8. The highest BCUT2D eigenvalue weighted by atomic mass is 32.3. The molecule has 0 spiro atoms. The van der Waals surface area contributed by atoms with Gasteiger partial charge in [-0.25, -0.2) is 16.8 Å². The molecule has 0 radical (unpaired) electrons. The average Bonchev–Trinajstić information content (AvgIpc) is 2.90. The zero-order chi connectivity index (χ0) is 17.4. The number of sulfone groups is 2. The Morgan fingerprint density at radius 2 is 1.52 bits per heavy atom. The largest absolute Gasteiger partial charge is 0.499 e. The molecule has 1 fully saturated rings. The quantitative estimate of drug-likeness (QED) is 0.351. The Morgan fingerprint density at radius 3 is 1.96 bits per heavy atom. The van der Waals surface area contributed by atoms with Crippen molar-refractivity contribution >= 4 is 24.1 Å². The number of aryl methyl sites for hydroxylation is 3. The minimum atomic E-state index is -4.41. The molecule has 8 heteroatoms. The summed E-state index contributed by atoms with van der Waals surface area (Å²) >= 11 is 0. The molecule has 2 rings (SSSR count). The van der Waals surface area contributed by atoms with Gasteiger partial charge in [0.1, 0.15) is 0 Å². The Bertz CT molecular complexity index is 866. The van der Waals surface area contributed by atoms with Gasteiger partial charge in [-0.1, -0.05) is 30.5 Å². The van der Waals surface area contributed by atoms with Crippen LogP contribution in [0.1, 0.15) is 42.4 Å². The van der Waals surface area contributed by atoms with E-state index in [0.717, 1.165) is 18.4 Å². The van der Waals surface area contributed by atoms with Gasteiger partial charge in [0.25, 0.3) is 19.7 Å². The van der Waals surface area contributed by atoms with Gasteiger partial charge in [-0.15, -0.1) is 4.79 Å². The predicted octanol–water partition coefficient (Wildman–Crippen LogP) is 2.33. The molecule has 0 heterocycles. The van der Waals surface area contributed by atoms with Crippen molar-refractivity contribution in [1.29, 1.82) is 0 Å². The van der Waals surface area contributed by atoms with Crippen LogP contribution in [0.2, 0.25) is 0 Å². The number of rotatable bonds is 2. The second-order valence-corrected chi connectivity index (χ2v) is 10.3. The molecule has 0 amide bonds.